The molecule has 0 bridgehead atoms. The number of amides is 2. The summed E-state index contributed by atoms with van der Waals surface area (Å²) in [5, 5.41) is 17.9. The number of hydrogen-bond acceptors (Lipinski definition) is 3. The van der Waals surface area contributed by atoms with E-state index in [-0.39, 0.29) is 11.3 Å². The van der Waals surface area contributed by atoms with E-state index < -0.39 is 17.8 Å². The second-order valence-corrected chi connectivity index (χ2v) is 4.38. The zero-order chi connectivity index (χ0) is 15.6. The molecule has 0 fully saturated rings. The van der Waals surface area contributed by atoms with Crippen LogP contribution in [0.4, 0.5) is 20.6 Å². The van der Waals surface area contributed by atoms with Crippen molar-refractivity contribution < 1.29 is 19.1 Å². The van der Waals surface area contributed by atoms with Gasteiger partial charge in [0.1, 0.15) is 5.82 Å². The van der Waals surface area contributed by atoms with Crippen molar-refractivity contribution in [3.63, 3.8) is 0 Å². The molecule has 0 aliphatic heterocycles. The highest BCUT2D eigenvalue weighted by atomic mass is 19.1. The summed E-state index contributed by atoms with van der Waals surface area (Å²) < 4.78 is 14.7. The average molecular weight is 292 g/mol. The van der Waals surface area contributed by atoms with Crippen LogP contribution in [0.15, 0.2) is 24.4 Å². The quantitative estimate of drug-likeness (QED) is 0.808. The molecule has 21 heavy (non-hydrogen) atoms. The Morgan fingerprint density at radius 2 is 1.95 bits per heavy atom. The standard InChI is InChI=1S/C13H13FN4O3/c1-7-11(6-18(2)17-7)16-13(21)15-10-5-8(14)3-4-9(10)12(19)20/h3-6H,1-2H3,(H,19,20)(H2,15,16,21). The second-order valence-electron chi connectivity index (χ2n) is 4.38. The number of rotatable bonds is 3. The van der Waals surface area contributed by atoms with E-state index in [9.17, 15) is 14.0 Å². The smallest absolute Gasteiger partial charge is 0.337 e. The van der Waals surface area contributed by atoms with Gasteiger partial charge in [0.25, 0.3) is 0 Å². The van der Waals surface area contributed by atoms with Crippen molar-refractivity contribution in [3.8, 4) is 0 Å². The fourth-order valence-corrected chi connectivity index (χ4v) is 1.80. The van der Waals surface area contributed by atoms with Crippen LogP contribution in [0.3, 0.4) is 0 Å². The lowest BCUT2D eigenvalue weighted by atomic mass is 10.2. The Morgan fingerprint density at radius 1 is 1.29 bits per heavy atom. The van der Waals surface area contributed by atoms with Crippen molar-refractivity contribution >= 4 is 23.4 Å². The number of aromatic carboxylic acids is 1. The highest BCUT2D eigenvalue weighted by Crippen LogP contribution is 2.18. The van der Waals surface area contributed by atoms with Gasteiger partial charge in [0.05, 0.1) is 22.6 Å². The van der Waals surface area contributed by atoms with Crippen molar-refractivity contribution in [2.24, 2.45) is 7.05 Å². The molecule has 0 radical (unpaired) electrons. The van der Waals surface area contributed by atoms with Crippen molar-refractivity contribution in [2.45, 2.75) is 6.92 Å². The Balaban J connectivity index is 2.18. The van der Waals surface area contributed by atoms with Crippen molar-refractivity contribution in [1.82, 2.24) is 9.78 Å². The minimum atomic E-state index is -1.26. The Hall–Kier alpha value is -2.90. The summed E-state index contributed by atoms with van der Waals surface area (Å²) in [7, 11) is 1.70. The predicted octanol–water partition coefficient (Wildman–Crippen LogP) is 2.21. The van der Waals surface area contributed by atoms with Gasteiger partial charge >= 0.3 is 12.0 Å². The third-order valence-corrected chi connectivity index (χ3v) is 2.72. The summed E-state index contributed by atoms with van der Waals surface area (Å²) in [5.41, 5.74) is 0.754. The fraction of sp³-hybridized carbons (Fsp3) is 0.154. The van der Waals surface area contributed by atoms with E-state index in [2.05, 4.69) is 15.7 Å². The number of urea groups is 1. The number of anilines is 2. The molecule has 0 saturated carbocycles. The molecule has 1 heterocycles. The van der Waals surface area contributed by atoms with Gasteiger partial charge in [-0.15, -0.1) is 0 Å². The van der Waals surface area contributed by atoms with Crippen LogP contribution in [0, 0.1) is 12.7 Å². The number of halogens is 1. The molecule has 0 spiro atoms. The van der Waals surface area contributed by atoms with Crippen LogP contribution in [0.2, 0.25) is 0 Å². The molecular weight excluding hydrogens is 279 g/mol. The molecule has 0 aliphatic rings. The Kier molecular flexibility index (Phi) is 3.88. The van der Waals surface area contributed by atoms with Gasteiger partial charge in [-0.1, -0.05) is 0 Å². The zero-order valence-corrected chi connectivity index (χ0v) is 11.3. The van der Waals surface area contributed by atoms with E-state index in [4.69, 9.17) is 5.11 Å². The maximum Gasteiger partial charge on any atom is 0.337 e. The van der Waals surface area contributed by atoms with E-state index in [1.165, 1.54) is 4.68 Å². The summed E-state index contributed by atoms with van der Waals surface area (Å²) in [6.45, 7) is 1.71. The first-order valence-corrected chi connectivity index (χ1v) is 5.98. The molecule has 1 aromatic carbocycles. The van der Waals surface area contributed by atoms with Gasteiger partial charge in [0.2, 0.25) is 0 Å². The van der Waals surface area contributed by atoms with Gasteiger partial charge in [-0.25, -0.2) is 14.0 Å². The van der Waals surface area contributed by atoms with Crippen LogP contribution in [-0.4, -0.2) is 26.9 Å². The van der Waals surface area contributed by atoms with Crippen LogP contribution >= 0.6 is 0 Å². The minimum absolute atomic E-state index is 0.124. The molecule has 0 saturated heterocycles. The number of aryl methyl sites for hydroxylation is 2. The van der Waals surface area contributed by atoms with E-state index >= 15 is 0 Å². The number of carbonyl (C=O) groups is 2. The monoisotopic (exact) mass is 292 g/mol. The third kappa shape index (κ3) is 3.35. The van der Waals surface area contributed by atoms with Crippen molar-refractivity contribution in [2.75, 3.05) is 10.6 Å². The Bertz CT molecular complexity index is 711. The van der Waals surface area contributed by atoms with E-state index in [0.29, 0.717) is 11.4 Å². The summed E-state index contributed by atoms with van der Waals surface area (Å²) in [5.74, 6) is -1.91. The average Bonchev–Trinajstić information content (AvgIpc) is 2.67. The van der Waals surface area contributed by atoms with Crippen molar-refractivity contribution in [1.29, 1.82) is 0 Å². The van der Waals surface area contributed by atoms with Crippen molar-refractivity contribution in [3.05, 3.63) is 41.5 Å². The second kappa shape index (κ2) is 5.61. The van der Waals surface area contributed by atoms with Gasteiger partial charge in [-0.3, -0.25) is 4.68 Å². The van der Waals surface area contributed by atoms with Crippen LogP contribution in [0.25, 0.3) is 0 Å². The molecule has 0 unspecified atom stereocenters. The summed E-state index contributed by atoms with van der Waals surface area (Å²) in [6.07, 6.45) is 1.60. The minimum Gasteiger partial charge on any atom is -0.478 e. The van der Waals surface area contributed by atoms with E-state index in [1.807, 2.05) is 0 Å². The summed E-state index contributed by atoms with van der Waals surface area (Å²) in [6, 6.07) is 2.36. The van der Waals surface area contributed by atoms with Gasteiger partial charge in [0.15, 0.2) is 0 Å². The van der Waals surface area contributed by atoms with Crippen LogP contribution in [0.5, 0.6) is 0 Å². The first-order valence-electron chi connectivity index (χ1n) is 5.98. The molecule has 3 N–H and O–H groups in total. The van der Waals surface area contributed by atoms with Crippen LogP contribution in [0.1, 0.15) is 16.1 Å². The number of nitrogens with one attached hydrogen (secondary N) is 2. The summed E-state index contributed by atoms with van der Waals surface area (Å²) in [4.78, 5) is 22.9. The summed E-state index contributed by atoms with van der Waals surface area (Å²) >= 11 is 0. The molecule has 110 valence electrons. The highest BCUT2D eigenvalue weighted by Gasteiger charge is 2.14. The topological polar surface area (TPSA) is 96.3 Å². The molecule has 2 aromatic rings. The van der Waals surface area contributed by atoms with Gasteiger partial charge < -0.3 is 15.7 Å². The lowest BCUT2D eigenvalue weighted by Gasteiger charge is -2.09. The van der Waals surface area contributed by atoms with E-state index in [0.717, 1.165) is 18.2 Å². The highest BCUT2D eigenvalue weighted by molar-refractivity contribution is 6.04. The predicted molar refractivity (Wildman–Crippen MR) is 73.9 cm³/mol. The Morgan fingerprint density at radius 3 is 2.52 bits per heavy atom. The molecule has 0 aliphatic carbocycles. The number of hydrogen-bond donors (Lipinski definition) is 3. The molecule has 2 rings (SSSR count). The molecule has 8 heteroatoms. The largest absolute Gasteiger partial charge is 0.478 e. The molecule has 1 aromatic heterocycles. The lowest BCUT2D eigenvalue weighted by molar-refractivity contribution is 0.0698. The third-order valence-electron chi connectivity index (χ3n) is 2.72. The maximum absolute atomic E-state index is 13.2. The van der Waals surface area contributed by atoms with Gasteiger partial charge in [-0.05, 0) is 25.1 Å². The zero-order valence-electron chi connectivity index (χ0n) is 11.3. The van der Waals surface area contributed by atoms with Crippen LogP contribution < -0.4 is 10.6 Å². The number of benzene rings is 1. The van der Waals surface area contributed by atoms with Gasteiger partial charge in [-0.2, -0.15) is 5.10 Å². The first-order chi connectivity index (χ1) is 9.86. The molecule has 7 nitrogen and oxygen atoms in total. The SMILES string of the molecule is Cc1nn(C)cc1NC(=O)Nc1cc(F)ccc1C(=O)O. The molecule has 2 amide bonds. The van der Waals surface area contributed by atoms with Gasteiger partial charge in [0, 0.05) is 13.2 Å². The Labute approximate surface area is 119 Å². The normalized spacial score (nSPS) is 10.2. The lowest BCUT2D eigenvalue weighted by Crippen LogP contribution is -2.21. The number of carboxylic acid groups (broad SMARTS) is 1. The number of carboxylic acids is 1. The number of aromatic nitrogens is 2. The first kappa shape index (κ1) is 14.5. The number of carbonyl (C=O) groups excluding carboxylic acids is 1. The maximum atomic E-state index is 13.2. The molecule has 0 atom stereocenters. The fourth-order valence-electron chi connectivity index (χ4n) is 1.80. The van der Waals surface area contributed by atoms with E-state index in [1.54, 1.807) is 20.2 Å². The molecular formula is C13H13FN4O3. The van der Waals surface area contributed by atoms with Crippen LogP contribution in [-0.2, 0) is 7.05 Å². The number of nitrogens with zero attached hydrogens (tertiary/aromatic N) is 2.